The van der Waals surface area contributed by atoms with Crippen LogP contribution in [0.3, 0.4) is 0 Å². The van der Waals surface area contributed by atoms with Gasteiger partial charge in [-0.3, -0.25) is 0 Å². The summed E-state index contributed by atoms with van der Waals surface area (Å²) in [5.74, 6) is 1.09. The lowest BCUT2D eigenvalue weighted by atomic mass is 9.78. The molecule has 0 nitrogen and oxygen atoms in total. The van der Waals surface area contributed by atoms with E-state index in [2.05, 4.69) is 20.8 Å². The van der Waals surface area contributed by atoms with Gasteiger partial charge in [-0.15, -0.1) is 11.6 Å². The van der Waals surface area contributed by atoms with Crippen LogP contribution in [-0.4, -0.2) is 5.88 Å². The number of halogens is 3. The first-order valence-electron chi connectivity index (χ1n) is 5.34. The third-order valence-electron chi connectivity index (χ3n) is 2.88. The molecule has 0 N–H and O–H groups in total. The van der Waals surface area contributed by atoms with Crippen LogP contribution in [0.4, 0.5) is 0 Å². The van der Waals surface area contributed by atoms with E-state index in [1.807, 2.05) is 18.2 Å². The van der Waals surface area contributed by atoms with E-state index < -0.39 is 0 Å². The maximum Gasteiger partial charge on any atom is 0.0595 e. The van der Waals surface area contributed by atoms with Crippen molar-refractivity contribution in [3.8, 4) is 0 Å². The molecule has 0 heterocycles. The highest BCUT2D eigenvalue weighted by molar-refractivity contribution is 6.42. The maximum absolute atomic E-state index is 6.01. The van der Waals surface area contributed by atoms with Crippen molar-refractivity contribution < 1.29 is 0 Å². The number of benzene rings is 1. The highest BCUT2D eigenvalue weighted by Gasteiger charge is 2.23. The molecule has 0 bridgehead atoms. The zero-order chi connectivity index (χ0) is 12.3. The van der Waals surface area contributed by atoms with E-state index in [0.29, 0.717) is 21.8 Å². The molecule has 3 heteroatoms. The normalized spacial score (nSPS) is 13.9. The molecule has 0 aromatic heterocycles. The summed E-state index contributed by atoms with van der Waals surface area (Å²) in [5.41, 5.74) is 1.39. The first kappa shape index (κ1) is 14.2. The first-order valence-corrected chi connectivity index (χ1v) is 6.63. The van der Waals surface area contributed by atoms with Gasteiger partial charge in [0.1, 0.15) is 0 Å². The van der Waals surface area contributed by atoms with Crippen LogP contribution in [0.15, 0.2) is 18.2 Å². The molecule has 1 rings (SSSR count). The summed E-state index contributed by atoms with van der Waals surface area (Å²) in [6.07, 6.45) is 0.934. The van der Waals surface area contributed by atoms with Crippen LogP contribution in [0.5, 0.6) is 0 Å². The summed E-state index contributed by atoms with van der Waals surface area (Å²) in [4.78, 5) is 0. The molecular weight excluding hydrogens is 263 g/mol. The molecule has 0 radical (unpaired) electrons. The van der Waals surface area contributed by atoms with Crippen molar-refractivity contribution in [2.45, 2.75) is 27.2 Å². The predicted octanol–water partition coefficient (Wildman–Crippen LogP) is 5.44. The van der Waals surface area contributed by atoms with Crippen molar-refractivity contribution in [1.29, 1.82) is 0 Å². The molecular formula is C13H17Cl3. The SMILES string of the molecule is CC(C)(C)C(CCl)Cc1ccc(Cl)c(Cl)c1. The van der Waals surface area contributed by atoms with Gasteiger partial charge < -0.3 is 0 Å². The Morgan fingerprint density at radius 2 is 1.75 bits per heavy atom. The fourth-order valence-electron chi connectivity index (χ4n) is 1.54. The lowest BCUT2D eigenvalue weighted by Crippen LogP contribution is -2.24. The van der Waals surface area contributed by atoms with Crippen molar-refractivity contribution in [3.05, 3.63) is 33.8 Å². The zero-order valence-electron chi connectivity index (χ0n) is 9.86. The Morgan fingerprint density at radius 3 is 2.19 bits per heavy atom. The van der Waals surface area contributed by atoms with Crippen LogP contribution in [0.1, 0.15) is 26.3 Å². The molecule has 0 aliphatic carbocycles. The molecule has 0 aliphatic heterocycles. The van der Waals surface area contributed by atoms with Gasteiger partial charge >= 0.3 is 0 Å². The minimum atomic E-state index is 0.202. The monoisotopic (exact) mass is 278 g/mol. The number of hydrogen-bond acceptors (Lipinski definition) is 0. The van der Waals surface area contributed by atoms with Gasteiger partial charge in [0.25, 0.3) is 0 Å². The predicted molar refractivity (Wildman–Crippen MR) is 73.8 cm³/mol. The molecule has 0 spiro atoms. The number of rotatable bonds is 3. The third-order valence-corrected chi connectivity index (χ3v) is 3.99. The van der Waals surface area contributed by atoms with Gasteiger partial charge in [0.2, 0.25) is 0 Å². The molecule has 0 saturated heterocycles. The second-order valence-electron chi connectivity index (χ2n) is 5.17. The summed E-state index contributed by atoms with van der Waals surface area (Å²) in [6, 6.07) is 5.78. The summed E-state index contributed by atoms with van der Waals surface area (Å²) in [7, 11) is 0. The topological polar surface area (TPSA) is 0 Å². The third kappa shape index (κ3) is 3.84. The van der Waals surface area contributed by atoms with E-state index in [9.17, 15) is 0 Å². The van der Waals surface area contributed by atoms with Gasteiger partial charge in [-0.2, -0.15) is 0 Å². The number of hydrogen-bond donors (Lipinski definition) is 0. The van der Waals surface area contributed by atoms with E-state index in [4.69, 9.17) is 34.8 Å². The molecule has 90 valence electrons. The van der Waals surface area contributed by atoms with Gasteiger partial charge in [-0.1, -0.05) is 50.0 Å². The van der Waals surface area contributed by atoms with Crippen molar-refractivity contribution in [1.82, 2.24) is 0 Å². The number of alkyl halides is 1. The Hall–Kier alpha value is 0.0900. The maximum atomic E-state index is 6.01. The minimum absolute atomic E-state index is 0.202. The standard InChI is InChI=1S/C13H17Cl3/c1-13(2,3)10(8-14)6-9-4-5-11(15)12(16)7-9/h4-5,7,10H,6,8H2,1-3H3. The first-order chi connectivity index (χ1) is 7.34. The van der Waals surface area contributed by atoms with Gasteiger partial charge in [0, 0.05) is 5.88 Å². The molecule has 0 aliphatic rings. The smallest absolute Gasteiger partial charge is 0.0595 e. The Morgan fingerprint density at radius 1 is 1.12 bits per heavy atom. The van der Waals surface area contributed by atoms with Crippen molar-refractivity contribution in [3.63, 3.8) is 0 Å². The molecule has 0 fully saturated rings. The van der Waals surface area contributed by atoms with E-state index in [1.54, 1.807) is 0 Å². The Bertz CT molecular complexity index is 353. The van der Waals surface area contributed by atoms with E-state index in [0.717, 1.165) is 6.42 Å². The van der Waals surface area contributed by atoms with E-state index in [-0.39, 0.29) is 5.41 Å². The minimum Gasteiger partial charge on any atom is -0.126 e. The largest absolute Gasteiger partial charge is 0.126 e. The molecule has 1 unspecified atom stereocenters. The van der Waals surface area contributed by atoms with Crippen LogP contribution in [0.2, 0.25) is 10.0 Å². The molecule has 0 amide bonds. The molecule has 16 heavy (non-hydrogen) atoms. The zero-order valence-corrected chi connectivity index (χ0v) is 12.1. The van der Waals surface area contributed by atoms with Gasteiger partial charge in [-0.05, 0) is 35.4 Å². The van der Waals surface area contributed by atoms with Crippen LogP contribution in [0, 0.1) is 11.3 Å². The lowest BCUT2D eigenvalue weighted by molar-refractivity contribution is 0.264. The summed E-state index contributed by atoms with van der Waals surface area (Å²) >= 11 is 17.9. The Kier molecular flexibility index (Phi) is 4.97. The quantitative estimate of drug-likeness (QED) is 0.647. The second-order valence-corrected chi connectivity index (χ2v) is 6.29. The van der Waals surface area contributed by atoms with Crippen molar-refractivity contribution in [2.24, 2.45) is 11.3 Å². The lowest BCUT2D eigenvalue weighted by Gasteiger charge is -2.29. The fraction of sp³-hybridized carbons (Fsp3) is 0.538. The van der Waals surface area contributed by atoms with Crippen molar-refractivity contribution >= 4 is 34.8 Å². The average Bonchev–Trinajstić information content (AvgIpc) is 2.18. The second kappa shape index (κ2) is 5.62. The van der Waals surface area contributed by atoms with Crippen LogP contribution < -0.4 is 0 Å². The summed E-state index contributed by atoms with van der Waals surface area (Å²) in [6.45, 7) is 6.62. The highest BCUT2D eigenvalue weighted by Crippen LogP contribution is 2.31. The fourth-order valence-corrected chi connectivity index (χ4v) is 2.44. The van der Waals surface area contributed by atoms with Crippen molar-refractivity contribution in [2.75, 3.05) is 5.88 Å². The van der Waals surface area contributed by atoms with Crippen LogP contribution >= 0.6 is 34.8 Å². The molecule has 1 atom stereocenters. The van der Waals surface area contributed by atoms with Gasteiger partial charge in [-0.25, -0.2) is 0 Å². The Balaban J connectivity index is 2.83. The van der Waals surface area contributed by atoms with Gasteiger partial charge in [0.05, 0.1) is 10.0 Å². The molecule has 0 saturated carbocycles. The van der Waals surface area contributed by atoms with E-state index in [1.165, 1.54) is 5.56 Å². The van der Waals surface area contributed by atoms with Gasteiger partial charge in [0.15, 0.2) is 0 Å². The molecule has 1 aromatic rings. The molecule has 1 aromatic carbocycles. The van der Waals surface area contributed by atoms with Crippen LogP contribution in [-0.2, 0) is 6.42 Å². The summed E-state index contributed by atoms with van der Waals surface area (Å²) < 4.78 is 0. The Labute approximate surface area is 113 Å². The van der Waals surface area contributed by atoms with Crippen LogP contribution in [0.25, 0.3) is 0 Å². The van der Waals surface area contributed by atoms with E-state index >= 15 is 0 Å². The highest BCUT2D eigenvalue weighted by atomic mass is 35.5. The summed E-state index contributed by atoms with van der Waals surface area (Å²) in [5, 5.41) is 1.21. The average molecular weight is 280 g/mol.